The van der Waals surface area contributed by atoms with E-state index in [1.807, 2.05) is 36.3 Å². The first-order valence-electron chi connectivity index (χ1n) is 5.15. The van der Waals surface area contributed by atoms with Crippen molar-refractivity contribution < 1.29 is 0 Å². The van der Waals surface area contributed by atoms with Crippen LogP contribution in [0.25, 0.3) is 5.52 Å². The van der Waals surface area contributed by atoms with Crippen molar-refractivity contribution in [2.75, 3.05) is 17.2 Å². The molecule has 1 unspecified atom stereocenters. The van der Waals surface area contributed by atoms with Gasteiger partial charge in [0.2, 0.25) is 0 Å². The first kappa shape index (κ1) is 9.09. The van der Waals surface area contributed by atoms with Gasteiger partial charge in [0.25, 0.3) is 0 Å². The summed E-state index contributed by atoms with van der Waals surface area (Å²) in [6.07, 6.45) is 5.14. The van der Waals surface area contributed by atoms with Crippen LogP contribution < -0.4 is 5.73 Å². The second-order valence-corrected chi connectivity index (χ2v) is 5.08. The number of fused-ring (bicyclic) bond motifs is 1. The van der Waals surface area contributed by atoms with Crippen LogP contribution in [0.5, 0.6) is 0 Å². The number of rotatable bonds is 1. The molecule has 0 bridgehead atoms. The monoisotopic (exact) mass is 219 g/mol. The number of nitrogens with zero attached hydrogens (tertiary/aromatic N) is 2. The molecule has 0 radical (unpaired) electrons. The lowest BCUT2D eigenvalue weighted by Gasteiger charge is -2.07. The Hall–Kier alpha value is -1.16. The minimum atomic E-state index is 0.597. The number of nitrogen functional groups attached to an aromatic ring is 1. The number of nitrogens with two attached hydrogens (primary N) is 1. The van der Waals surface area contributed by atoms with E-state index in [-0.39, 0.29) is 0 Å². The highest BCUT2D eigenvalue weighted by Gasteiger charge is 2.21. The van der Waals surface area contributed by atoms with Gasteiger partial charge in [0, 0.05) is 23.6 Å². The van der Waals surface area contributed by atoms with Gasteiger partial charge in [-0.1, -0.05) is 0 Å². The predicted molar refractivity (Wildman–Crippen MR) is 64.3 cm³/mol. The fourth-order valence-electron chi connectivity index (χ4n) is 2.07. The van der Waals surface area contributed by atoms with Crippen molar-refractivity contribution in [3.05, 3.63) is 30.4 Å². The Kier molecular flexibility index (Phi) is 2.09. The highest BCUT2D eigenvalue weighted by molar-refractivity contribution is 7.99. The lowest BCUT2D eigenvalue weighted by Crippen LogP contribution is -2.03. The number of thioether (sulfide) groups is 1. The van der Waals surface area contributed by atoms with Crippen molar-refractivity contribution in [2.24, 2.45) is 0 Å². The Bertz CT molecular complexity index is 486. The molecule has 3 nitrogen and oxygen atoms in total. The Morgan fingerprint density at radius 2 is 2.40 bits per heavy atom. The van der Waals surface area contributed by atoms with Crippen LogP contribution in [0.2, 0.25) is 0 Å². The first-order chi connectivity index (χ1) is 7.34. The van der Waals surface area contributed by atoms with E-state index in [0.29, 0.717) is 5.92 Å². The van der Waals surface area contributed by atoms with Gasteiger partial charge in [-0.05, 0) is 24.3 Å². The lowest BCUT2D eigenvalue weighted by molar-refractivity contribution is 0.714. The van der Waals surface area contributed by atoms with Gasteiger partial charge in [-0.15, -0.1) is 0 Å². The molecule has 0 amide bonds. The molecule has 15 heavy (non-hydrogen) atoms. The lowest BCUT2D eigenvalue weighted by atomic mass is 10.1. The Morgan fingerprint density at radius 1 is 1.47 bits per heavy atom. The molecule has 1 aliphatic heterocycles. The summed E-state index contributed by atoms with van der Waals surface area (Å²) in [5.74, 6) is 4.21. The van der Waals surface area contributed by atoms with E-state index in [2.05, 4.69) is 9.38 Å². The minimum Gasteiger partial charge on any atom is -0.398 e. The smallest absolute Gasteiger partial charge is 0.117 e. The molecule has 1 fully saturated rings. The van der Waals surface area contributed by atoms with E-state index in [1.54, 1.807) is 0 Å². The van der Waals surface area contributed by atoms with E-state index >= 15 is 0 Å². The topological polar surface area (TPSA) is 43.3 Å². The third kappa shape index (κ3) is 1.49. The number of hydrogen-bond acceptors (Lipinski definition) is 3. The van der Waals surface area contributed by atoms with Gasteiger partial charge in [-0.2, -0.15) is 11.8 Å². The third-order valence-electron chi connectivity index (χ3n) is 2.87. The number of aromatic nitrogens is 2. The molecule has 2 N–H and O–H groups in total. The van der Waals surface area contributed by atoms with Crippen molar-refractivity contribution in [3.63, 3.8) is 0 Å². The summed E-state index contributed by atoms with van der Waals surface area (Å²) in [4.78, 5) is 4.51. The van der Waals surface area contributed by atoms with Crippen LogP contribution in [-0.2, 0) is 0 Å². The molecule has 2 aromatic heterocycles. The Morgan fingerprint density at radius 3 is 3.20 bits per heavy atom. The van der Waals surface area contributed by atoms with Crippen LogP contribution in [-0.4, -0.2) is 20.9 Å². The highest BCUT2D eigenvalue weighted by Crippen LogP contribution is 2.32. The predicted octanol–water partition coefficient (Wildman–Crippen LogP) is 2.14. The van der Waals surface area contributed by atoms with Crippen molar-refractivity contribution in [1.29, 1.82) is 0 Å². The van der Waals surface area contributed by atoms with Crippen molar-refractivity contribution >= 4 is 23.0 Å². The normalized spacial score (nSPS) is 21.2. The maximum absolute atomic E-state index is 5.80. The summed E-state index contributed by atoms with van der Waals surface area (Å²) in [5, 5.41) is 0. The molecule has 0 aromatic carbocycles. The van der Waals surface area contributed by atoms with Crippen molar-refractivity contribution in [2.45, 2.75) is 12.3 Å². The molecule has 1 aliphatic rings. The summed E-state index contributed by atoms with van der Waals surface area (Å²) in [5.41, 5.74) is 7.73. The van der Waals surface area contributed by atoms with Gasteiger partial charge >= 0.3 is 0 Å². The molecular weight excluding hydrogens is 206 g/mol. The molecule has 2 aromatic rings. The van der Waals surface area contributed by atoms with Crippen molar-refractivity contribution in [1.82, 2.24) is 9.38 Å². The van der Waals surface area contributed by atoms with Crippen LogP contribution in [0.15, 0.2) is 24.5 Å². The zero-order valence-corrected chi connectivity index (χ0v) is 9.20. The van der Waals surface area contributed by atoms with E-state index < -0.39 is 0 Å². The SMILES string of the molecule is Nc1ccc2cnc(C3CCSC3)n2c1. The number of hydrogen-bond donors (Lipinski definition) is 1. The Balaban J connectivity index is 2.13. The minimum absolute atomic E-state index is 0.597. The average molecular weight is 219 g/mol. The van der Waals surface area contributed by atoms with Gasteiger partial charge in [-0.25, -0.2) is 4.98 Å². The molecule has 1 saturated heterocycles. The summed E-state index contributed by atoms with van der Waals surface area (Å²) >= 11 is 2.01. The highest BCUT2D eigenvalue weighted by atomic mass is 32.2. The molecule has 78 valence electrons. The van der Waals surface area contributed by atoms with Crippen molar-refractivity contribution in [3.8, 4) is 0 Å². The van der Waals surface area contributed by atoms with Crippen LogP contribution in [0.4, 0.5) is 5.69 Å². The molecule has 3 heterocycles. The maximum atomic E-state index is 5.80. The average Bonchev–Trinajstić information content (AvgIpc) is 2.83. The zero-order valence-electron chi connectivity index (χ0n) is 8.39. The number of imidazole rings is 1. The van der Waals surface area contributed by atoms with Crippen LogP contribution in [0, 0.1) is 0 Å². The zero-order chi connectivity index (χ0) is 10.3. The molecule has 3 rings (SSSR count). The largest absolute Gasteiger partial charge is 0.398 e. The summed E-state index contributed by atoms with van der Waals surface area (Å²) < 4.78 is 2.13. The van der Waals surface area contributed by atoms with Gasteiger partial charge in [0.1, 0.15) is 5.82 Å². The van der Waals surface area contributed by atoms with Crippen LogP contribution in [0.3, 0.4) is 0 Å². The van der Waals surface area contributed by atoms with Gasteiger partial charge in [0.05, 0.1) is 11.7 Å². The van der Waals surface area contributed by atoms with Gasteiger partial charge in [0.15, 0.2) is 0 Å². The molecule has 4 heteroatoms. The van der Waals surface area contributed by atoms with Crippen LogP contribution >= 0.6 is 11.8 Å². The summed E-state index contributed by atoms with van der Waals surface area (Å²) in [7, 11) is 0. The molecule has 0 aliphatic carbocycles. The fraction of sp³-hybridized carbons (Fsp3) is 0.364. The van der Waals surface area contributed by atoms with Gasteiger partial charge in [-0.3, -0.25) is 0 Å². The second kappa shape index (κ2) is 3.45. The first-order valence-corrected chi connectivity index (χ1v) is 6.30. The molecule has 0 saturated carbocycles. The molecule has 0 spiro atoms. The maximum Gasteiger partial charge on any atom is 0.117 e. The van der Waals surface area contributed by atoms with E-state index in [9.17, 15) is 0 Å². The molecule has 1 atom stereocenters. The number of anilines is 1. The van der Waals surface area contributed by atoms with E-state index in [1.165, 1.54) is 23.8 Å². The van der Waals surface area contributed by atoms with Gasteiger partial charge < -0.3 is 10.1 Å². The third-order valence-corrected chi connectivity index (χ3v) is 4.04. The van der Waals surface area contributed by atoms with Crippen LogP contribution in [0.1, 0.15) is 18.2 Å². The summed E-state index contributed by atoms with van der Waals surface area (Å²) in [6, 6.07) is 3.94. The summed E-state index contributed by atoms with van der Waals surface area (Å²) in [6.45, 7) is 0. The number of pyridine rings is 1. The second-order valence-electron chi connectivity index (χ2n) is 3.93. The van der Waals surface area contributed by atoms with E-state index in [4.69, 9.17) is 5.73 Å². The Labute approximate surface area is 92.7 Å². The van der Waals surface area contributed by atoms with E-state index in [0.717, 1.165) is 11.2 Å². The standard InChI is InChI=1S/C11H13N3S/c12-9-1-2-10-5-13-11(14(10)6-9)8-3-4-15-7-8/h1-2,5-6,8H,3-4,7,12H2. The molecular formula is C11H13N3S. The quantitative estimate of drug-likeness (QED) is 0.799. The fourth-order valence-corrected chi connectivity index (χ4v) is 3.29.